The summed E-state index contributed by atoms with van der Waals surface area (Å²) in [6.07, 6.45) is 0. The molecular formula is C61H39N. The molecule has 11 aromatic rings. The summed E-state index contributed by atoms with van der Waals surface area (Å²) in [5.74, 6) is 0. The second-order valence-electron chi connectivity index (χ2n) is 16.7. The van der Waals surface area contributed by atoms with Crippen LogP contribution in [0.15, 0.2) is 237 Å². The molecule has 0 heterocycles. The highest BCUT2D eigenvalue weighted by atomic mass is 15.1. The molecule has 0 aliphatic heterocycles. The summed E-state index contributed by atoms with van der Waals surface area (Å²) in [4.78, 5) is 2.53. The number of para-hydroxylation sites is 1. The Morgan fingerprint density at radius 2 is 0.742 bits per heavy atom. The second kappa shape index (κ2) is 13.5. The van der Waals surface area contributed by atoms with Crippen molar-refractivity contribution in [1.82, 2.24) is 0 Å². The van der Waals surface area contributed by atoms with E-state index in [0.717, 1.165) is 11.4 Å². The van der Waals surface area contributed by atoms with E-state index in [1.165, 1.54) is 105 Å². The zero-order valence-corrected chi connectivity index (χ0v) is 34.0. The van der Waals surface area contributed by atoms with Gasteiger partial charge in [-0.15, -0.1) is 0 Å². The standard InChI is InChI=1S/C61H39N/c1-4-18-40(19-5-1)44-36-37-50-47-26-12-14-30-53(47)61(55-32-16-28-49(44)58(50)55)54-31-15-13-27-48(54)51-38-39-57(52-29-17-33-56(61)59(51)52)62(43-23-8-3-9-24-43)60-45-25-11-10-22-42(45)34-35-46(60)41-20-6-2-7-21-41/h1-39H. The van der Waals surface area contributed by atoms with Crippen molar-refractivity contribution in [2.75, 3.05) is 4.90 Å². The van der Waals surface area contributed by atoms with Crippen molar-refractivity contribution in [3.63, 3.8) is 0 Å². The molecule has 1 unspecified atom stereocenters. The van der Waals surface area contributed by atoms with Crippen molar-refractivity contribution in [2.24, 2.45) is 0 Å². The molecule has 0 aromatic heterocycles. The average molecular weight is 786 g/mol. The van der Waals surface area contributed by atoms with E-state index in [1.807, 2.05) is 0 Å². The third kappa shape index (κ3) is 4.79. The van der Waals surface area contributed by atoms with E-state index in [9.17, 15) is 0 Å². The molecule has 0 bridgehead atoms. The summed E-state index contributed by atoms with van der Waals surface area (Å²) >= 11 is 0. The van der Waals surface area contributed by atoms with Gasteiger partial charge in [0.25, 0.3) is 0 Å². The van der Waals surface area contributed by atoms with Gasteiger partial charge in [0.1, 0.15) is 0 Å². The molecule has 0 saturated heterocycles. The van der Waals surface area contributed by atoms with Crippen LogP contribution in [0.1, 0.15) is 22.3 Å². The lowest BCUT2D eigenvalue weighted by Gasteiger charge is -2.46. The average Bonchev–Trinajstić information content (AvgIpc) is 3.35. The largest absolute Gasteiger partial charge is 0.309 e. The second-order valence-corrected chi connectivity index (χ2v) is 16.7. The SMILES string of the molecule is c1ccc(-c2ccc3ccccc3c2N(c2ccccc2)c2ccc3c4c(cccc24)C2(c4ccccc4-c4ccc(-c5ccccc5)c5cccc2c45)c2ccccc2-3)cc1. The van der Waals surface area contributed by atoms with Crippen LogP contribution in [0.25, 0.3) is 76.8 Å². The monoisotopic (exact) mass is 785 g/mol. The molecule has 0 saturated carbocycles. The van der Waals surface area contributed by atoms with Gasteiger partial charge in [0.05, 0.1) is 16.8 Å². The molecule has 1 heteroatoms. The van der Waals surface area contributed by atoms with Crippen LogP contribution in [-0.2, 0) is 5.41 Å². The van der Waals surface area contributed by atoms with Crippen molar-refractivity contribution in [3.8, 4) is 44.5 Å². The summed E-state index contributed by atoms with van der Waals surface area (Å²) in [6.45, 7) is 0. The van der Waals surface area contributed by atoms with Gasteiger partial charge in [0, 0.05) is 22.0 Å². The van der Waals surface area contributed by atoms with Crippen LogP contribution in [0.3, 0.4) is 0 Å². The first-order valence-electron chi connectivity index (χ1n) is 21.6. The fraction of sp³-hybridized carbons (Fsp3) is 0.0164. The Kier molecular flexibility index (Phi) is 7.59. The predicted octanol–water partition coefficient (Wildman–Crippen LogP) is 16.3. The van der Waals surface area contributed by atoms with Crippen molar-refractivity contribution >= 4 is 49.4 Å². The Bertz CT molecular complexity index is 3570. The highest BCUT2D eigenvalue weighted by Gasteiger charge is 2.48. The van der Waals surface area contributed by atoms with Gasteiger partial charge in [-0.25, -0.2) is 0 Å². The molecule has 0 radical (unpaired) electrons. The van der Waals surface area contributed by atoms with Gasteiger partial charge < -0.3 is 4.90 Å². The Balaban J connectivity index is 1.17. The van der Waals surface area contributed by atoms with E-state index in [1.54, 1.807) is 0 Å². The Morgan fingerprint density at radius 1 is 0.274 bits per heavy atom. The molecule has 1 atom stereocenters. The molecular weight excluding hydrogens is 747 g/mol. The highest BCUT2D eigenvalue weighted by Crippen LogP contribution is 2.62. The highest BCUT2D eigenvalue weighted by molar-refractivity contribution is 6.17. The summed E-state index contributed by atoms with van der Waals surface area (Å²) in [6, 6.07) is 88.1. The maximum atomic E-state index is 2.53. The number of rotatable bonds is 5. The van der Waals surface area contributed by atoms with E-state index in [-0.39, 0.29) is 0 Å². The third-order valence-electron chi connectivity index (χ3n) is 13.7. The zero-order chi connectivity index (χ0) is 40.8. The lowest BCUT2D eigenvalue weighted by molar-refractivity contribution is 0.754. The van der Waals surface area contributed by atoms with Gasteiger partial charge in [-0.05, 0) is 101 Å². The number of hydrogen-bond donors (Lipinski definition) is 0. The van der Waals surface area contributed by atoms with E-state index < -0.39 is 5.41 Å². The first kappa shape index (κ1) is 34.8. The van der Waals surface area contributed by atoms with E-state index in [4.69, 9.17) is 0 Å². The molecule has 0 fully saturated rings. The fourth-order valence-corrected chi connectivity index (χ4v) is 11.2. The van der Waals surface area contributed by atoms with E-state index >= 15 is 0 Å². The van der Waals surface area contributed by atoms with Crippen LogP contribution < -0.4 is 4.90 Å². The summed E-state index contributed by atoms with van der Waals surface area (Å²) in [7, 11) is 0. The molecule has 2 aliphatic carbocycles. The Labute approximate surface area is 361 Å². The smallest absolute Gasteiger partial charge is 0.0725 e. The minimum Gasteiger partial charge on any atom is -0.309 e. The predicted molar refractivity (Wildman–Crippen MR) is 261 cm³/mol. The molecule has 1 spiro atoms. The van der Waals surface area contributed by atoms with Crippen molar-refractivity contribution in [3.05, 3.63) is 259 Å². The number of benzene rings is 11. The van der Waals surface area contributed by atoms with Crippen molar-refractivity contribution < 1.29 is 0 Å². The number of hydrogen-bond acceptors (Lipinski definition) is 1. The van der Waals surface area contributed by atoms with E-state index in [0.29, 0.717) is 0 Å². The van der Waals surface area contributed by atoms with Gasteiger partial charge in [-0.2, -0.15) is 0 Å². The molecule has 0 amide bonds. The Morgan fingerprint density at radius 3 is 1.42 bits per heavy atom. The fourth-order valence-electron chi connectivity index (χ4n) is 11.2. The van der Waals surface area contributed by atoms with Gasteiger partial charge in [-0.3, -0.25) is 0 Å². The normalized spacial score (nSPS) is 14.5. The van der Waals surface area contributed by atoms with E-state index in [2.05, 4.69) is 241 Å². The van der Waals surface area contributed by atoms with Gasteiger partial charge >= 0.3 is 0 Å². The van der Waals surface area contributed by atoms with Gasteiger partial charge in [0.2, 0.25) is 0 Å². The lowest BCUT2D eigenvalue weighted by Crippen LogP contribution is -2.36. The topological polar surface area (TPSA) is 3.24 Å². The molecule has 11 aromatic carbocycles. The number of anilines is 3. The molecule has 13 rings (SSSR count). The maximum absolute atomic E-state index is 2.53. The molecule has 1 nitrogen and oxygen atoms in total. The molecule has 2 aliphatic rings. The van der Waals surface area contributed by atoms with Crippen LogP contribution in [0, 0.1) is 0 Å². The van der Waals surface area contributed by atoms with Crippen molar-refractivity contribution in [1.29, 1.82) is 0 Å². The van der Waals surface area contributed by atoms with Crippen LogP contribution >= 0.6 is 0 Å². The number of nitrogens with zero attached hydrogens (tertiary/aromatic N) is 1. The van der Waals surface area contributed by atoms with Crippen LogP contribution in [0.5, 0.6) is 0 Å². The van der Waals surface area contributed by atoms with Crippen LogP contribution in [0.4, 0.5) is 17.1 Å². The maximum Gasteiger partial charge on any atom is 0.0725 e. The molecule has 288 valence electrons. The molecule has 0 N–H and O–H groups in total. The summed E-state index contributed by atoms with van der Waals surface area (Å²) in [5.41, 5.74) is 18.1. The zero-order valence-electron chi connectivity index (χ0n) is 34.0. The first-order valence-corrected chi connectivity index (χ1v) is 21.6. The minimum atomic E-state index is -0.591. The van der Waals surface area contributed by atoms with Crippen LogP contribution in [-0.4, -0.2) is 0 Å². The lowest BCUT2D eigenvalue weighted by atomic mass is 9.55. The number of fused-ring (bicyclic) bond motifs is 9. The molecule has 62 heavy (non-hydrogen) atoms. The Hall–Kier alpha value is -8.00. The van der Waals surface area contributed by atoms with Gasteiger partial charge in [0.15, 0.2) is 0 Å². The first-order chi connectivity index (χ1) is 30.8. The third-order valence-corrected chi connectivity index (χ3v) is 13.7. The van der Waals surface area contributed by atoms with Gasteiger partial charge in [-0.1, -0.05) is 218 Å². The summed E-state index contributed by atoms with van der Waals surface area (Å²) in [5, 5.41) is 7.54. The van der Waals surface area contributed by atoms with Crippen molar-refractivity contribution in [2.45, 2.75) is 5.41 Å². The minimum absolute atomic E-state index is 0.591. The summed E-state index contributed by atoms with van der Waals surface area (Å²) < 4.78 is 0. The van der Waals surface area contributed by atoms with Crippen LogP contribution in [0.2, 0.25) is 0 Å². The quantitative estimate of drug-likeness (QED) is 0.168.